The van der Waals surface area contributed by atoms with E-state index in [0.717, 1.165) is 0 Å². The van der Waals surface area contributed by atoms with Gasteiger partial charge in [0, 0.05) is 12.6 Å². The van der Waals surface area contributed by atoms with E-state index in [0.29, 0.717) is 5.69 Å². The van der Waals surface area contributed by atoms with Crippen LogP contribution in [-0.2, 0) is 14.8 Å². The monoisotopic (exact) mass is 229 g/mol. The molecule has 0 saturated carbocycles. The number of carbonyl (C=O) groups is 1. The Hall–Kier alpha value is -1.44. The Bertz CT molecular complexity index is 474. The summed E-state index contributed by atoms with van der Waals surface area (Å²) in [4.78, 5) is 10.8. The van der Waals surface area contributed by atoms with Crippen molar-refractivity contribution >= 4 is 21.6 Å². The maximum Gasteiger partial charge on any atom is 0.221 e. The van der Waals surface area contributed by atoms with Crippen LogP contribution in [0.25, 0.3) is 0 Å². The number of hydrogen-bond donors (Lipinski definition) is 3. The van der Waals surface area contributed by atoms with Gasteiger partial charge in [0.1, 0.15) is 0 Å². The number of hydrogen-bond acceptors (Lipinski definition) is 3. The number of amides is 1. The van der Waals surface area contributed by atoms with Crippen LogP contribution in [0.5, 0.6) is 0 Å². The molecule has 1 aromatic carbocycles. The van der Waals surface area contributed by atoms with Gasteiger partial charge in [0.2, 0.25) is 15.9 Å². The molecule has 0 aromatic heterocycles. The Morgan fingerprint density at radius 1 is 1.47 bits per heavy atom. The standard InChI is InChI=1S/C8H11N3O3S/c1-6(12)10-7-2-4-8(5-3-7)15(13,14)11-9/h2-5H,9H2,1H3,(H,10,12)(H,11,13,14). The first-order valence-electron chi connectivity index (χ1n) is 4.02. The smallest absolute Gasteiger partial charge is 0.221 e. The molecule has 0 aliphatic rings. The van der Waals surface area contributed by atoms with Crippen LogP contribution in [0, 0.1) is 0 Å². The average Bonchev–Trinajstić information content (AvgIpc) is 2.18. The van der Waals surface area contributed by atoms with Gasteiger partial charge in [-0.25, -0.2) is 10.1 Å². The Morgan fingerprint density at radius 3 is 2.40 bits per heavy atom. The molecule has 1 amide bonds. The number of nitrogens with two attached hydrogens (primary N) is 1. The highest BCUT2D eigenvalue weighted by Crippen LogP contribution is 2.14. The summed E-state index contributed by atoms with van der Waals surface area (Å²) in [7, 11) is -3.50. The van der Waals surface area contributed by atoms with E-state index < -0.39 is 10.0 Å². The molecule has 15 heavy (non-hydrogen) atoms. The number of nitrogens with one attached hydrogen (secondary N) is 1. The molecule has 0 heterocycles. The number of benzene rings is 1. The molecular weight excluding hydrogens is 218 g/mol. The van der Waals surface area contributed by atoms with Crippen LogP contribution in [0.3, 0.4) is 0 Å². The van der Waals surface area contributed by atoms with Gasteiger partial charge in [0.25, 0.3) is 0 Å². The molecule has 1 unspecified atom stereocenters. The normalized spacial score (nSPS) is 14.1. The quantitative estimate of drug-likeness (QED) is 0.515. The van der Waals surface area contributed by atoms with Crippen molar-refractivity contribution in [3.63, 3.8) is 0 Å². The third-order valence-electron chi connectivity index (χ3n) is 1.62. The van der Waals surface area contributed by atoms with Crippen LogP contribution in [0.15, 0.2) is 33.6 Å². The zero-order valence-corrected chi connectivity index (χ0v) is 8.82. The van der Waals surface area contributed by atoms with E-state index in [-0.39, 0.29) is 10.8 Å². The van der Waals surface area contributed by atoms with Gasteiger partial charge in [-0.15, -0.1) is 4.47 Å². The summed E-state index contributed by atoms with van der Waals surface area (Å²) < 4.78 is 23.4. The van der Waals surface area contributed by atoms with Crippen LogP contribution < -0.4 is 11.2 Å². The van der Waals surface area contributed by atoms with Gasteiger partial charge < -0.3 is 5.32 Å². The second kappa shape index (κ2) is 4.39. The fourth-order valence-corrected chi connectivity index (χ4v) is 1.59. The van der Waals surface area contributed by atoms with E-state index in [1.165, 1.54) is 31.2 Å². The molecule has 0 aliphatic heterocycles. The minimum absolute atomic E-state index is 0.0964. The van der Waals surface area contributed by atoms with Gasteiger partial charge in [0.15, 0.2) is 0 Å². The lowest BCUT2D eigenvalue weighted by Crippen LogP contribution is -2.06. The lowest BCUT2D eigenvalue weighted by atomic mass is 10.3. The van der Waals surface area contributed by atoms with Gasteiger partial charge in [-0.1, -0.05) is 0 Å². The van der Waals surface area contributed by atoms with Crippen LogP contribution in [0.1, 0.15) is 6.92 Å². The summed E-state index contributed by atoms with van der Waals surface area (Å²) in [6.45, 7) is 1.37. The van der Waals surface area contributed by atoms with Gasteiger partial charge >= 0.3 is 0 Å². The Kier molecular flexibility index (Phi) is 3.40. The molecule has 1 aromatic rings. The van der Waals surface area contributed by atoms with E-state index in [1.807, 2.05) is 0 Å². The highest BCUT2D eigenvalue weighted by atomic mass is 32.2. The maximum atomic E-state index is 11.3. The van der Waals surface area contributed by atoms with Crippen molar-refractivity contribution in [2.75, 3.05) is 5.32 Å². The van der Waals surface area contributed by atoms with Crippen molar-refractivity contribution in [2.24, 2.45) is 10.3 Å². The van der Waals surface area contributed by atoms with Crippen molar-refractivity contribution in [1.82, 2.24) is 0 Å². The summed E-state index contributed by atoms with van der Waals surface area (Å²) in [5, 5.41) is 2.53. The molecule has 0 radical (unpaired) electrons. The van der Waals surface area contributed by atoms with Gasteiger partial charge in [-0.2, -0.15) is 0 Å². The van der Waals surface area contributed by atoms with Crippen molar-refractivity contribution in [2.45, 2.75) is 11.8 Å². The van der Waals surface area contributed by atoms with E-state index in [9.17, 15) is 13.6 Å². The van der Waals surface area contributed by atoms with Crippen molar-refractivity contribution in [3.05, 3.63) is 24.3 Å². The predicted octanol–water partition coefficient (Wildman–Crippen LogP) is 0.819. The molecule has 0 spiro atoms. The fraction of sp³-hybridized carbons (Fsp3) is 0.125. The first kappa shape index (κ1) is 11.6. The molecule has 0 fully saturated rings. The lowest BCUT2D eigenvalue weighted by molar-refractivity contribution is -0.114. The molecule has 0 bridgehead atoms. The molecule has 0 saturated heterocycles. The second-order valence-corrected chi connectivity index (χ2v) is 4.48. The zero-order valence-electron chi connectivity index (χ0n) is 8.01. The number of anilines is 1. The summed E-state index contributed by atoms with van der Waals surface area (Å²) in [6.07, 6.45) is 0. The topological polar surface area (TPSA) is 105 Å². The van der Waals surface area contributed by atoms with Gasteiger partial charge in [0.05, 0.1) is 4.90 Å². The summed E-state index contributed by atoms with van der Waals surface area (Å²) in [5.74, 6) is 4.57. The van der Waals surface area contributed by atoms with Crippen molar-refractivity contribution < 1.29 is 13.6 Å². The molecule has 82 valence electrons. The molecule has 7 heteroatoms. The zero-order chi connectivity index (χ0) is 11.5. The molecule has 6 nitrogen and oxygen atoms in total. The summed E-state index contributed by atoms with van der Waals surface area (Å²) >= 11 is 0. The molecule has 4 N–H and O–H groups in total. The van der Waals surface area contributed by atoms with E-state index in [1.54, 1.807) is 0 Å². The Morgan fingerprint density at radius 2 is 2.00 bits per heavy atom. The molecule has 1 rings (SSSR count). The Labute approximate surface area is 87.5 Å². The summed E-state index contributed by atoms with van der Waals surface area (Å²) in [5.41, 5.74) is 0.540. The lowest BCUT2D eigenvalue weighted by Gasteiger charge is -2.04. The fourth-order valence-electron chi connectivity index (χ4n) is 0.980. The van der Waals surface area contributed by atoms with Crippen molar-refractivity contribution in [3.8, 4) is 0 Å². The summed E-state index contributed by atoms with van der Waals surface area (Å²) in [6, 6.07) is 5.75. The van der Waals surface area contributed by atoms with E-state index in [4.69, 9.17) is 5.84 Å². The number of rotatable bonds is 2. The van der Waals surface area contributed by atoms with Crippen molar-refractivity contribution in [1.29, 1.82) is 0 Å². The second-order valence-electron chi connectivity index (χ2n) is 2.81. The first-order valence-corrected chi connectivity index (χ1v) is 5.49. The minimum Gasteiger partial charge on any atom is -0.326 e. The van der Waals surface area contributed by atoms with E-state index >= 15 is 0 Å². The third-order valence-corrected chi connectivity index (χ3v) is 2.80. The molecular formula is C8H11N3O3S. The minimum atomic E-state index is -3.50. The molecule has 1 atom stereocenters. The largest absolute Gasteiger partial charge is 0.326 e. The van der Waals surface area contributed by atoms with Gasteiger partial charge in [-0.05, 0) is 24.3 Å². The SMILES string of the molecule is CC(=O)Nc1ccc(S(=O)(O)=NN)cc1. The third kappa shape index (κ3) is 3.01. The number of carbonyl (C=O) groups excluding carboxylic acids is 1. The maximum absolute atomic E-state index is 11.3. The Balaban J connectivity index is 3.01. The van der Waals surface area contributed by atoms with Crippen LogP contribution >= 0.6 is 0 Å². The highest BCUT2D eigenvalue weighted by Gasteiger charge is 2.06. The van der Waals surface area contributed by atoms with Crippen LogP contribution in [0.4, 0.5) is 5.69 Å². The molecule has 0 aliphatic carbocycles. The average molecular weight is 229 g/mol. The van der Waals surface area contributed by atoms with Crippen LogP contribution in [-0.4, -0.2) is 14.7 Å². The number of nitrogens with zero attached hydrogens (tertiary/aromatic N) is 1. The van der Waals surface area contributed by atoms with Crippen LogP contribution in [0.2, 0.25) is 0 Å². The first-order chi connectivity index (χ1) is 6.95. The van der Waals surface area contributed by atoms with E-state index in [2.05, 4.69) is 9.79 Å². The van der Waals surface area contributed by atoms with Gasteiger partial charge in [-0.3, -0.25) is 9.35 Å². The predicted molar refractivity (Wildman–Crippen MR) is 56.4 cm³/mol. The highest BCUT2D eigenvalue weighted by molar-refractivity contribution is 7.88.